The van der Waals surface area contributed by atoms with Crippen LogP contribution >= 0.6 is 23.2 Å². The smallest absolute Gasteiger partial charge is 0.414 e. The number of rotatable bonds is 11. The molecule has 4 aromatic rings. The van der Waals surface area contributed by atoms with E-state index in [0.717, 1.165) is 34.7 Å². The number of alkyl halides is 2. The number of unbranched alkanes of at least 4 members (excludes halogenated alkanes) is 3. The molecule has 2 aliphatic rings. The lowest BCUT2D eigenvalue weighted by atomic mass is 9.95. The molecule has 310 valence electrons. The third-order valence-corrected chi connectivity index (χ3v) is 10.9. The maximum Gasteiger partial charge on any atom is 0.414 e. The number of fused-ring (bicyclic) bond motifs is 6. The first-order chi connectivity index (χ1) is 27.4. The Balaban J connectivity index is 0.984. The van der Waals surface area contributed by atoms with Gasteiger partial charge in [-0.05, 0) is 101 Å². The molecule has 0 saturated carbocycles. The lowest BCUT2D eigenvalue weighted by Gasteiger charge is -2.25. The number of benzene rings is 4. The van der Waals surface area contributed by atoms with Crippen molar-refractivity contribution in [3.05, 3.63) is 59.7 Å². The van der Waals surface area contributed by atoms with E-state index in [-0.39, 0.29) is 46.9 Å². The van der Waals surface area contributed by atoms with Crippen molar-refractivity contribution in [1.29, 1.82) is 0 Å². The van der Waals surface area contributed by atoms with Crippen LogP contribution in [0.2, 0.25) is 0 Å². The molecular weight excluding hydrogens is 783 g/mol. The van der Waals surface area contributed by atoms with Crippen LogP contribution in [0.5, 0.6) is 11.5 Å². The molecule has 0 saturated heterocycles. The first-order valence-electron chi connectivity index (χ1n) is 19.7. The molecule has 2 aliphatic heterocycles. The topological polar surface area (TPSA) is 158 Å². The molecule has 0 bridgehead atoms. The first-order valence-corrected chi connectivity index (χ1v) is 20.8. The summed E-state index contributed by atoms with van der Waals surface area (Å²) in [6, 6.07) is 13.8. The Bertz CT molecular complexity index is 2090. The van der Waals surface area contributed by atoms with Crippen LogP contribution in [0.25, 0.3) is 21.5 Å². The van der Waals surface area contributed by atoms with Crippen molar-refractivity contribution in [3.8, 4) is 11.5 Å². The van der Waals surface area contributed by atoms with Crippen molar-refractivity contribution < 1.29 is 38.9 Å². The highest BCUT2D eigenvalue weighted by Crippen LogP contribution is 2.48. The zero-order valence-corrected chi connectivity index (χ0v) is 35.4. The van der Waals surface area contributed by atoms with Gasteiger partial charge >= 0.3 is 12.2 Å². The molecule has 2 unspecified atom stereocenters. The second-order valence-electron chi connectivity index (χ2n) is 17.1. The Kier molecular flexibility index (Phi) is 12.6. The molecule has 4 aromatic carbocycles. The summed E-state index contributed by atoms with van der Waals surface area (Å²) in [7, 11) is 0. The number of ether oxygens (including phenoxy) is 2. The van der Waals surface area contributed by atoms with Crippen molar-refractivity contribution in [2.75, 3.05) is 45.3 Å². The molecule has 0 radical (unpaired) electrons. The third kappa shape index (κ3) is 9.50. The molecule has 4 amide bonds. The van der Waals surface area contributed by atoms with Crippen LogP contribution in [0.15, 0.2) is 48.5 Å². The van der Waals surface area contributed by atoms with Gasteiger partial charge in [0, 0.05) is 83.8 Å². The molecule has 6 rings (SSSR count). The second kappa shape index (κ2) is 17.1. The molecule has 0 fully saturated rings. The number of phenolic OH excluding ortho intramolecular Hbond substituents is 2. The number of amides is 4. The number of carbonyl (C=O) groups is 4. The predicted molar refractivity (Wildman–Crippen MR) is 230 cm³/mol. The van der Waals surface area contributed by atoms with E-state index < -0.39 is 23.4 Å². The number of carbonyl (C=O) groups excluding carboxylic acids is 4. The monoisotopic (exact) mass is 834 g/mol. The van der Waals surface area contributed by atoms with Gasteiger partial charge < -0.3 is 30.3 Å². The summed E-state index contributed by atoms with van der Waals surface area (Å²) in [5.41, 5.74) is 2.57. The Hall–Kier alpha value is -4.94. The molecule has 0 aliphatic carbocycles. The largest absolute Gasteiger partial charge is 0.507 e. The molecule has 0 spiro atoms. The number of anilines is 4. The Labute approximate surface area is 348 Å². The fraction of sp³-hybridized carbons (Fsp3) is 0.455. The zero-order chi connectivity index (χ0) is 42.1. The van der Waals surface area contributed by atoms with Gasteiger partial charge in [-0.2, -0.15) is 0 Å². The van der Waals surface area contributed by atoms with Crippen LogP contribution in [0, 0.1) is 0 Å². The average Bonchev–Trinajstić information content (AvgIpc) is 3.70. The highest BCUT2D eigenvalue weighted by atomic mass is 35.5. The normalized spacial score (nSPS) is 16.3. The van der Waals surface area contributed by atoms with Crippen LogP contribution in [0.1, 0.15) is 103 Å². The number of aromatic hydroxyl groups is 2. The van der Waals surface area contributed by atoms with E-state index in [2.05, 4.69) is 10.6 Å². The number of halogens is 2. The highest BCUT2D eigenvalue weighted by Gasteiger charge is 2.38. The average molecular weight is 836 g/mol. The number of nitrogens with one attached hydrogen (secondary N) is 2. The van der Waals surface area contributed by atoms with E-state index in [1.807, 2.05) is 12.1 Å². The number of hydrogen-bond acceptors (Lipinski definition) is 8. The molecule has 4 N–H and O–H groups in total. The maximum absolute atomic E-state index is 13.0. The summed E-state index contributed by atoms with van der Waals surface area (Å²) in [6.07, 6.45) is 2.38. The van der Waals surface area contributed by atoms with Gasteiger partial charge in [0.2, 0.25) is 11.8 Å². The fourth-order valence-corrected chi connectivity index (χ4v) is 8.22. The quantitative estimate of drug-likeness (QED) is 0.0859. The van der Waals surface area contributed by atoms with Gasteiger partial charge in [0.05, 0.1) is 11.4 Å². The minimum atomic E-state index is -0.679. The summed E-state index contributed by atoms with van der Waals surface area (Å²) in [6.45, 7) is 11.5. The van der Waals surface area contributed by atoms with Crippen molar-refractivity contribution in [2.45, 2.75) is 103 Å². The van der Waals surface area contributed by atoms with E-state index in [9.17, 15) is 29.4 Å². The number of hydrogen-bond donors (Lipinski definition) is 4. The Morgan fingerprint density at radius 3 is 1.34 bits per heavy atom. The summed E-state index contributed by atoms with van der Waals surface area (Å²) in [5, 5.41) is 30.4. The maximum atomic E-state index is 13.0. The Morgan fingerprint density at radius 2 is 1.00 bits per heavy atom. The van der Waals surface area contributed by atoms with Crippen LogP contribution in [-0.4, -0.2) is 70.3 Å². The van der Waals surface area contributed by atoms with Crippen molar-refractivity contribution in [3.63, 3.8) is 0 Å². The predicted octanol–water partition coefficient (Wildman–Crippen LogP) is 10.5. The van der Waals surface area contributed by atoms with E-state index in [4.69, 9.17) is 32.7 Å². The summed E-state index contributed by atoms with van der Waals surface area (Å²) < 4.78 is 11.2. The summed E-state index contributed by atoms with van der Waals surface area (Å²) in [5.74, 6) is -0.106. The van der Waals surface area contributed by atoms with E-state index in [0.29, 0.717) is 72.3 Å². The van der Waals surface area contributed by atoms with Crippen LogP contribution in [0.3, 0.4) is 0 Å². The summed E-state index contributed by atoms with van der Waals surface area (Å²) in [4.78, 5) is 54.7. The van der Waals surface area contributed by atoms with Crippen LogP contribution < -0.4 is 20.4 Å². The van der Waals surface area contributed by atoms with Crippen molar-refractivity contribution >= 4 is 91.5 Å². The molecule has 0 aromatic heterocycles. The van der Waals surface area contributed by atoms with Gasteiger partial charge in [-0.1, -0.05) is 25.0 Å². The highest BCUT2D eigenvalue weighted by molar-refractivity contribution is 6.19. The zero-order valence-electron chi connectivity index (χ0n) is 33.8. The third-order valence-electron chi connectivity index (χ3n) is 10.2. The standard InChI is InChI=1S/C44H52Cl2N4O8/c1-43(2,3)57-41(55)49-23-25(21-45)39-29-15-13-27(17-31(29)35(51)19-33(39)49)47-37(53)11-9-7-8-10-12-38(54)48-28-14-16-30-32(18-28)36(52)20-34-40(30)26(22-46)24-50(34)42(56)58-44(4,5)6/h13-20,25-26,51-52H,7-12,21-24H2,1-6H3,(H,47,53)(H,48,54). The van der Waals surface area contributed by atoms with Crippen molar-refractivity contribution in [1.82, 2.24) is 0 Å². The molecule has 12 nitrogen and oxygen atoms in total. The number of nitrogens with zero attached hydrogens (tertiary/aromatic N) is 2. The molecule has 2 heterocycles. The van der Waals surface area contributed by atoms with Crippen molar-refractivity contribution in [2.24, 2.45) is 0 Å². The Morgan fingerprint density at radius 1 is 0.621 bits per heavy atom. The number of phenols is 2. The molecule has 2 atom stereocenters. The van der Waals surface area contributed by atoms with Crippen LogP contribution in [0.4, 0.5) is 32.3 Å². The van der Waals surface area contributed by atoms with E-state index in [1.54, 1.807) is 77.9 Å². The second-order valence-corrected chi connectivity index (χ2v) is 17.7. The molecule has 14 heteroatoms. The minimum Gasteiger partial charge on any atom is -0.507 e. The lowest BCUT2D eigenvalue weighted by molar-refractivity contribution is -0.117. The minimum absolute atomic E-state index is 0.0202. The van der Waals surface area contributed by atoms with Gasteiger partial charge in [0.15, 0.2) is 0 Å². The first kappa shape index (κ1) is 42.7. The van der Waals surface area contributed by atoms with Gasteiger partial charge in [-0.25, -0.2) is 9.59 Å². The van der Waals surface area contributed by atoms with Gasteiger partial charge in [-0.15, -0.1) is 23.2 Å². The van der Waals surface area contributed by atoms with E-state index in [1.165, 1.54) is 9.80 Å². The van der Waals surface area contributed by atoms with Gasteiger partial charge in [-0.3, -0.25) is 19.4 Å². The fourth-order valence-electron chi connectivity index (χ4n) is 7.71. The van der Waals surface area contributed by atoms with E-state index >= 15 is 0 Å². The van der Waals surface area contributed by atoms with Gasteiger partial charge in [0.25, 0.3) is 0 Å². The molecular formula is C44H52Cl2N4O8. The summed E-state index contributed by atoms with van der Waals surface area (Å²) >= 11 is 12.7. The molecule has 58 heavy (non-hydrogen) atoms. The lowest BCUT2D eigenvalue weighted by Crippen LogP contribution is -2.36. The van der Waals surface area contributed by atoms with Gasteiger partial charge in [0.1, 0.15) is 22.7 Å². The SMILES string of the molecule is CC(C)(C)OC(=O)N1CC(CCl)c2c1cc(O)c1cc(NC(=O)CCCCCCC(=O)Nc3ccc4c5c(cc(O)c4c3)N(C(=O)OC(C)(C)C)CC5CCl)ccc21. The van der Waals surface area contributed by atoms with Crippen LogP contribution in [-0.2, 0) is 19.1 Å².